The van der Waals surface area contributed by atoms with Crippen LogP contribution in [0.2, 0.25) is 0 Å². The highest BCUT2D eigenvalue weighted by molar-refractivity contribution is 8.13. The first kappa shape index (κ1) is 11.8. The molecule has 0 saturated heterocycles. The monoisotopic (exact) mass is 191 g/mol. The fourth-order valence-corrected chi connectivity index (χ4v) is 1.18. The van der Waals surface area contributed by atoms with Crippen LogP contribution in [0.15, 0.2) is 0 Å². The maximum absolute atomic E-state index is 8.59. The molecular weight excluding hydrogens is 177 g/mol. The van der Waals surface area contributed by atoms with E-state index in [-0.39, 0.29) is 5.17 Å². The minimum atomic E-state index is -1.45. The van der Waals surface area contributed by atoms with E-state index in [0.29, 0.717) is 12.2 Å². The summed E-state index contributed by atoms with van der Waals surface area (Å²) >= 11 is 1.23. The fourth-order valence-electron chi connectivity index (χ4n) is 0.650. The summed E-state index contributed by atoms with van der Waals surface area (Å²) in [5.74, 6) is 0.0907. The maximum atomic E-state index is 8.59. The quantitative estimate of drug-likeness (QED) is 0.161. The first-order chi connectivity index (χ1) is 5.54. The molecule has 0 rings (SSSR count). The molecule has 0 aromatic heterocycles. The molecule has 7 heteroatoms. The second-order valence-electron chi connectivity index (χ2n) is 2.43. The van der Waals surface area contributed by atoms with Crippen molar-refractivity contribution in [3.63, 3.8) is 0 Å². The third-order valence-electron chi connectivity index (χ3n) is 1.32. The molecule has 0 bridgehead atoms. The summed E-state index contributed by atoms with van der Waals surface area (Å²) in [4.78, 5) is 0. The van der Waals surface area contributed by atoms with E-state index >= 15 is 0 Å². The predicted molar refractivity (Wildman–Crippen MR) is 51.8 cm³/mol. The van der Waals surface area contributed by atoms with Crippen LogP contribution in [0.25, 0.3) is 0 Å². The van der Waals surface area contributed by atoms with Crippen molar-refractivity contribution in [2.24, 2.45) is 11.5 Å². The van der Waals surface area contributed by atoms with E-state index in [1.54, 1.807) is 0 Å². The molecule has 0 saturated carbocycles. The second kappa shape index (κ2) is 6.30. The van der Waals surface area contributed by atoms with Gasteiger partial charge in [0.2, 0.25) is 0 Å². The van der Waals surface area contributed by atoms with Gasteiger partial charge in [0.1, 0.15) is 0 Å². The lowest BCUT2D eigenvalue weighted by Gasteiger charge is -2.08. The zero-order chi connectivity index (χ0) is 9.56. The van der Waals surface area contributed by atoms with Gasteiger partial charge in [-0.15, -0.1) is 0 Å². The Labute approximate surface area is 76.2 Å². The topological polar surface area (TPSA) is 116 Å². The van der Waals surface area contributed by atoms with Gasteiger partial charge in [0.05, 0.1) is 0 Å². The van der Waals surface area contributed by atoms with Gasteiger partial charge in [0.25, 0.3) is 0 Å². The van der Waals surface area contributed by atoms with Crippen LogP contribution in [-0.2, 0) is 0 Å². The summed E-state index contributed by atoms with van der Waals surface area (Å²) in [6.45, 7) is 0. The highest BCUT2D eigenvalue weighted by Crippen LogP contribution is 2.04. The number of thioether (sulfide) groups is 1. The van der Waals surface area contributed by atoms with Crippen LogP contribution in [-0.4, -0.2) is 34.0 Å². The Morgan fingerprint density at radius 3 is 2.58 bits per heavy atom. The Bertz CT molecular complexity index is 147. The number of nitrogens with two attached hydrogens (primary N) is 2. The molecule has 70 valence electrons. The van der Waals surface area contributed by atoms with E-state index in [1.807, 2.05) is 0 Å². The summed E-state index contributed by atoms with van der Waals surface area (Å²) in [5.41, 5.74) is 10.4. The largest absolute Gasteiger partial charge is 0.469 e. The van der Waals surface area contributed by atoms with Gasteiger partial charge in [0.15, 0.2) is 5.17 Å². The molecule has 0 heterocycles. The average molecular weight is 191 g/mol. The van der Waals surface area contributed by atoms with E-state index in [9.17, 15) is 0 Å². The Morgan fingerprint density at radius 1 is 1.58 bits per heavy atom. The summed E-state index contributed by atoms with van der Waals surface area (Å²) in [7, 11) is -1.45. The van der Waals surface area contributed by atoms with Gasteiger partial charge in [-0.2, -0.15) is 0 Å². The average Bonchev–Trinajstić information content (AvgIpc) is 1.97. The van der Waals surface area contributed by atoms with Gasteiger partial charge in [-0.1, -0.05) is 11.8 Å². The number of hydrogen-bond acceptors (Lipinski definition) is 5. The minimum absolute atomic E-state index is 0.0770. The molecule has 1 unspecified atom stereocenters. The molecule has 0 aliphatic carbocycles. The van der Waals surface area contributed by atoms with Crippen LogP contribution in [0.5, 0.6) is 0 Å². The van der Waals surface area contributed by atoms with E-state index < -0.39 is 13.1 Å². The Hall–Kier alpha value is -0.235. The summed E-state index contributed by atoms with van der Waals surface area (Å²) in [6.07, 6.45) is 1.25. The fraction of sp³-hybridized carbons (Fsp3) is 0.800. The minimum Gasteiger partial charge on any atom is -0.426 e. The van der Waals surface area contributed by atoms with Gasteiger partial charge in [-0.3, -0.25) is 5.41 Å². The molecule has 12 heavy (non-hydrogen) atoms. The van der Waals surface area contributed by atoms with Gasteiger partial charge >= 0.3 is 7.12 Å². The molecule has 0 aliphatic rings. The smallest absolute Gasteiger partial charge is 0.426 e. The molecule has 0 aromatic rings. The SMILES string of the molecule is N=C(N)SCCCC(N)B(O)O. The van der Waals surface area contributed by atoms with Crippen LogP contribution in [0, 0.1) is 5.41 Å². The van der Waals surface area contributed by atoms with Crippen molar-refractivity contribution in [2.75, 3.05) is 5.75 Å². The number of rotatable bonds is 5. The number of amidine groups is 1. The molecule has 7 N–H and O–H groups in total. The van der Waals surface area contributed by atoms with Crippen LogP contribution in [0.3, 0.4) is 0 Å². The van der Waals surface area contributed by atoms with Crippen molar-refractivity contribution < 1.29 is 10.0 Å². The number of nitrogens with one attached hydrogen (secondary N) is 1. The van der Waals surface area contributed by atoms with E-state index in [2.05, 4.69) is 0 Å². The third kappa shape index (κ3) is 6.47. The predicted octanol–water partition coefficient (Wildman–Crippen LogP) is -1.27. The molecule has 0 aromatic carbocycles. The molecule has 0 spiro atoms. The van der Waals surface area contributed by atoms with Crippen molar-refractivity contribution in [3.05, 3.63) is 0 Å². The van der Waals surface area contributed by atoms with Crippen molar-refractivity contribution in [2.45, 2.75) is 18.8 Å². The van der Waals surface area contributed by atoms with Crippen molar-refractivity contribution in [1.29, 1.82) is 5.41 Å². The van der Waals surface area contributed by atoms with Crippen molar-refractivity contribution in [1.82, 2.24) is 0 Å². The first-order valence-corrected chi connectivity index (χ1v) is 4.61. The van der Waals surface area contributed by atoms with Gasteiger partial charge in [0, 0.05) is 11.7 Å². The zero-order valence-electron chi connectivity index (χ0n) is 6.73. The summed E-state index contributed by atoms with van der Waals surface area (Å²) in [5, 5.41) is 24.1. The van der Waals surface area contributed by atoms with Gasteiger partial charge in [-0.05, 0) is 12.8 Å². The molecule has 0 fully saturated rings. The zero-order valence-corrected chi connectivity index (χ0v) is 7.55. The lowest BCUT2D eigenvalue weighted by molar-refractivity contribution is 0.382. The molecule has 5 nitrogen and oxygen atoms in total. The molecule has 0 amide bonds. The molecule has 0 radical (unpaired) electrons. The number of hydrogen-bond donors (Lipinski definition) is 5. The summed E-state index contributed by atoms with van der Waals surface area (Å²) < 4.78 is 0. The second-order valence-corrected chi connectivity index (χ2v) is 3.57. The molecular formula is C5H14BN3O2S. The first-order valence-electron chi connectivity index (χ1n) is 3.62. The van der Waals surface area contributed by atoms with Crippen LogP contribution >= 0.6 is 11.8 Å². The van der Waals surface area contributed by atoms with Gasteiger partial charge < -0.3 is 21.5 Å². The normalized spacial score (nSPS) is 12.6. The van der Waals surface area contributed by atoms with Crippen LogP contribution < -0.4 is 11.5 Å². The van der Waals surface area contributed by atoms with Crippen LogP contribution in [0.1, 0.15) is 12.8 Å². The van der Waals surface area contributed by atoms with E-state index in [0.717, 1.165) is 6.42 Å². The molecule has 1 atom stereocenters. The summed E-state index contributed by atoms with van der Waals surface area (Å²) in [6, 6.07) is 0. The molecule has 0 aliphatic heterocycles. The standard InChI is InChI=1S/C5H14BN3O2S/c7-4(6(10)11)2-1-3-12-5(8)9/h4,10-11H,1-3,7H2,(H3,8,9). The maximum Gasteiger partial charge on any atom is 0.469 e. The Morgan fingerprint density at radius 2 is 2.17 bits per heavy atom. The van der Waals surface area contributed by atoms with Gasteiger partial charge in [-0.25, -0.2) is 0 Å². The Kier molecular flexibility index (Phi) is 6.18. The van der Waals surface area contributed by atoms with Crippen molar-refractivity contribution in [3.8, 4) is 0 Å². The van der Waals surface area contributed by atoms with E-state index in [4.69, 9.17) is 26.9 Å². The third-order valence-corrected chi connectivity index (χ3v) is 2.13. The lowest BCUT2D eigenvalue weighted by atomic mass is 9.78. The highest BCUT2D eigenvalue weighted by atomic mass is 32.2. The van der Waals surface area contributed by atoms with Crippen molar-refractivity contribution >= 4 is 24.0 Å². The van der Waals surface area contributed by atoms with E-state index in [1.165, 1.54) is 11.8 Å². The lowest BCUT2D eigenvalue weighted by Crippen LogP contribution is -2.38. The Balaban J connectivity index is 3.25. The van der Waals surface area contributed by atoms with Crippen LogP contribution in [0.4, 0.5) is 0 Å². The highest BCUT2D eigenvalue weighted by Gasteiger charge is 2.17.